The van der Waals surface area contributed by atoms with E-state index >= 15 is 0 Å². The fraction of sp³-hybridized carbons (Fsp3) is 0.400. The molecule has 2 aromatic rings. The van der Waals surface area contributed by atoms with Gasteiger partial charge in [0.15, 0.2) is 0 Å². The van der Waals surface area contributed by atoms with Crippen LogP contribution in [0.5, 0.6) is 0 Å². The predicted molar refractivity (Wildman–Crippen MR) is 74.3 cm³/mol. The van der Waals surface area contributed by atoms with Gasteiger partial charge in [0.05, 0.1) is 6.20 Å². The molecule has 0 spiro atoms. The number of nitrogens with one attached hydrogen (secondary N) is 1. The summed E-state index contributed by atoms with van der Waals surface area (Å²) in [5.41, 5.74) is 3.96. The molecule has 0 amide bonds. The van der Waals surface area contributed by atoms with Crippen LogP contribution in [-0.4, -0.2) is 9.78 Å². The van der Waals surface area contributed by atoms with Crippen LogP contribution in [0.3, 0.4) is 0 Å². The second-order valence-corrected chi connectivity index (χ2v) is 4.48. The maximum atomic E-state index is 4.26. The molecule has 1 aromatic heterocycles. The minimum absolute atomic E-state index is 0.871. The topological polar surface area (TPSA) is 29.9 Å². The van der Waals surface area contributed by atoms with Gasteiger partial charge in [0.25, 0.3) is 0 Å². The highest BCUT2D eigenvalue weighted by atomic mass is 15.3. The number of nitrogens with zero attached hydrogens (tertiary/aromatic N) is 2. The molecule has 0 saturated carbocycles. The van der Waals surface area contributed by atoms with Crippen LogP contribution in [0.1, 0.15) is 30.5 Å². The van der Waals surface area contributed by atoms with E-state index in [-0.39, 0.29) is 0 Å². The van der Waals surface area contributed by atoms with E-state index in [2.05, 4.69) is 54.7 Å². The van der Waals surface area contributed by atoms with E-state index in [1.807, 2.05) is 10.9 Å². The lowest BCUT2D eigenvalue weighted by molar-refractivity contribution is 0.655. The van der Waals surface area contributed by atoms with Crippen LogP contribution in [0.15, 0.2) is 36.7 Å². The Labute approximate surface area is 109 Å². The van der Waals surface area contributed by atoms with Crippen molar-refractivity contribution in [1.82, 2.24) is 15.1 Å². The highest BCUT2D eigenvalue weighted by Crippen LogP contribution is 2.05. The lowest BCUT2D eigenvalue weighted by atomic mass is 10.1. The smallest absolute Gasteiger partial charge is 0.0534 e. The number of aromatic nitrogens is 2. The molecule has 0 atom stereocenters. The maximum absolute atomic E-state index is 4.26. The SMILES string of the molecule is CCc1ccc(CNCc2cnn(CC)c2)cc1. The van der Waals surface area contributed by atoms with Gasteiger partial charge >= 0.3 is 0 Å². The summed E-state index contributed by atoms with van der Waals surface area (Å²) in [4.78, 5) is 0. The molecule has 1 aromatic carbocycles. The summed E-state index contributed by atoms with van der Waals surface area (Å²) in [5.74, 6) is 0. The predicted octanol–water partition coefficient (Wildman–Crippen LogP) is 2.76. The van der Waals surface area contributed by atoms with Crippen LogP contribution in [0.4, 0.5) is 0 Å². The number of aryl methyl sites for hydroxylation is 2. The first-order chi connectivity index (χ1) is 8.81. The van der Waals surface area contributed by atoms with Crippen LogP contribution in [0, 0.1) is 0 Å². The molecule has 3 heteroatoms. The minimum atomic E-state index is 0.871. The molecule has 0 radical (unpaired) electrons. The van der Waals surface area contributed by atoms with Crippen LogP contribution >= 0.6 is 0 Å². The van der Waals surface area contributed by atoms with Gasteiger partial charge in [-0.2, -0.15) is 5.10 Å². The quantitative estimate of drug-likeness (QED) is 0.845. The molecule has 1 N–H and O–H groups in total. The number of rotatable bonds is 6. The van der Waals surface area contributed by atoms with Crippen molar-refractivity contribution in [2.45, 2.75) is 39.9 Å². The average Bonchev–Trinajstić information content (AvgIpc) is 2.87. The van der Waals surface area contributed by atoms with Gasteiger partial charge in [-0.3, -0.25) is 4.68 Å². The van der Waals surface area contributed by atoms with E-state index in [0.717, 1.165) is 26.1 Å². The molecule has 3 nitrogen and oxygen atoms in total. The van der Waals surface area contributed by atoms with Crippen molar-refractivity contribution < 1.29 is 0 Å². The molecule has 0 aliphatic rings. The van der Waals surface area contributed by atoms with Gasteiger partial charge in [-0.05, 0) is 24.5 Å². The van der Waals surface area contributed by atoms with Gasteiger partial charge in [0, 0.05) is 31.4 Å². The van der Waals surface area contributed by atoms with Gasteiger partial charge in [0.2, 0.25) is 0 Å². The van der Waals surface area contributed by atoms with Crippen molar-refractivity contribution in [2.75, 3.05) is 0 Å². The lowest BCUT2D eigenvalue weighted by Crippen LogP contribution is -2.12. The summed E-state index contributed by atoms with van der Waals surface area (Å²) >= 11 is 0. The van der Waals surface area contributed by atoms with Gasteiger partial charge < -0.3 is 5.32 Å². The van der Waals surface area contributed by atoms with Crippen LogP contribution in [0.25, 0.3) is 0 Å². The van der Waals surface area contributed by atoms with Crippen LogP contribution in [0.2, 0.25) is 0 Å². The summed E-state index contributed by atoms with van der Waals surface area (Å²) < 4.78 is 1.95. The number of hydrogen-bond acceptors (Lipinski definition) is 2. The molecule has 96 valence electrons. The van der Waals surface area contributed by atoms with Crippen LogP contribution in [-0.2, 0) is 26.1 Å². The van der Waals surface area contributed by atoms with Crippen molar-refractivity contribution in [3.63, 3.8) is 0 Å². The first kappa shape index (κ1) is 12.8. The summed E-state index contributed by atoms with van der Waals surface area (Å²) in [6, 6.07) is 8.79. The minimum Gasteiger partial charge on any atom is -0.309 e. The second kappa shape index (κ2) is 6.36. The fourth-order valence-electron chi connectivity index (χ4n) is 1.91. The highest BCUT2D eigenvalue weighted by molar-refractivity contribution is 5.22. The Morgan fingerprint density at radius 1 is 1.00 bits per heavy atom. The molecule has 2 rings (SSSR count). The third kappa shape index (κ3) is 3.44. The molecule has 0 fully saturated rings. The average molecular weight is 243 g/mol. The molecule has 0 saturated heterocycles. The largest absolute Gasteiger partial charge is 0.309 e. The number of hydrogen-bond donors (Lipinski definition) is 1. The summed E-state index contributed by atoms with van der Waals surface area (Å²) in [5, 5.41) is 7.70. The normalized spacial score (nSPS) is 10.8. The maximum Gasteiger partial charge on any atom is 0.0534 e. The van der Waals surface area contributed by atoms with Crippen molar-refractivity contribution in [3.05, 3.63) is 53.3 Å². The third-order valence-electron chi connectivity index (χ3n) is 3.10. The zero-order valence-corrected chi connectivity index (χ0v) is 11.2. The fourth-order valence-corrected chi connectivity index (χ4v) is 1.91. The number of benzene rings is 1. The van der Waals surface area contributed by atoms with Gasteiger partial charge in [-0.1, -0.05) is 31.2 Å². The van der Waals surface area contributed by atoms with Crippen molar-refractivity contribution >= 4 is 0 Å². The Morgan fingerprint density at radius 3 is 2.28 bits per heavy atom. The zero-order chi connectivity index (χ0) is 12.8. The Morgan fingerprint density at radius 2 is 1.67 bits per heavy atom. The lowest BCUT2D eigenvalue weighted by Gasteiger charge is -2.04. The summed E-state index contributed by atoms with van der Waals surface area (Å²) in [7, 11) is 0. The molecule has 1 heterocycles. The molecule has 0 bridgehead atoms. The van der Waals surface area contributed by atoms with E-state index < -0.39 is 0 Å². The van der Waals surface area contributed by atoms with Crippen molar-refractivity contribution in [1.29, 1.82) is 0 Å². The van der Waals surface area contributed by atoms with Crippen LogP contribution < -0.4 is 5.32 Å². The first-order valence-electron chi connectivity index (χ1n) is 6.61. The Kier molecular flexibility index (Phi) is 4.53. The van der Waals surface area contributed by atoms with E-state index in [9.17, 15) is 0 Å². The molecule has 18 heavy (non-hydrogen) atoms. The van der Waals surface area contributed by atoms with E-state index in [4.69, 9.17) is 0 Å². The molecule has 0 unspecified atom stereocenters. The standard InChI is InChI=1S/C15H21N3/c1-3-13-5-7-14(8-6-13)9-16-10-15-11-17-18(4-2)12-15/h5-8,11-12,16H,3-4,9-10H2,1-2H3. The Hall–Kier alpha value is -1.61. The van der Waals surface area contributed by atoms with E-state index in [1.165, 1.54) is 16.7 Å². The zero-order valence-electron chi connectivity index (χ0n) is 11.2. The van der Waals surface area contributed by atoms with E-state index in [0.29, 0.717) is 0 Å². The van der Waals surface area contributed by atoms with Crippen molar-refractivity contribution in [2.24, 2.45) is 0 Å². The molecule has 0 aliphatic heterocycles. The molecular formula is C15H21N3. The first-order valence-corrected chi connectivity index (χ1v) is 6.61. The molecule has 0 aliphatic carbocycles. The van der Waals surface area contributed by atoms with E-state index in [1.54, 1.807) is 0 Å². The Bertz CT molecular complexity index is 471. The Balaban J connectivity index is 1.80. The van der Waals surface area contributed by atoms with Crippen molar-refractivity contribution in [3.8, 4) is 0 Å². The third-order valence-corrected chi connectivity index (χ3v) is 3.10. The van der Waals surface area contributed by atoms with Gasteiger partial charge in [0.1, 0.15) is 0 Å². The van der Waals surface area contributed by atoms with Gasteiger partial charge in [-0.15, -0.1) is 0 Å². The highest BCUT2D eigenvalue weighted by Gasteiger charge is 1.97. The molecular weight excluding hydrogens is 222 g/mol. The summed E-state index contributed by atoms with van der Waals surface area (Å²) in [6.07, 6.45) is 5.12. The summed E-state index contributed by atoms with van der Waals surface area (Å²) in [6.45, 7) is 6.98. The monoisotopic (exact) mass is 243 g/mol. The van der Waals surface area contributed by atoms with Gasteiger partial charge in [-0.25, -0.2) is 0 Å². The second-order valence-electron chi connectivity index (χ2n) is 4.48.